The zero-order chi connectivity index (χ0) is 31.2. The highest BCUT2D eigenvalue weighted by molar-refractivity contribution is 8.44. The van der Waals surface area contributed by atoms with Crippen LogP contribution in [0.3, 0.4) is 0 Å². The van der Waals surface area contributed by atoms with Crippen molar-refractivity contribution >= 4 is 68.8 Å². The van der Waals surface area contributed by atoms with Crippen LogP contribution in [0.2, 0.25) is 0 Å². The third-order valence-corrected chi connectivity index (χ3v) is 9.13. The summed E-state index contributed by atoms with van der Waals surface area (Å²) in [5.41, 5.74) is 12.7. The van der Waals surface area contributed by atoms with Crippen LogP contribution in [0.1, 0.15) is 18.9 Å². The molecule has 2 fully saturated rings. The van der Waals surface area contributed by atoms with E-state index >= 15 is 8.78 Å². The molecule has 1 unspecified atom stereocenters. The Morgan fingerprint density at radius 1 is 0.932 bits per heavy atom. The predicted octanol–water partition coefficient (Wildman–Crippen LogP) is 1.75. The first-order valence-electron chi connectivity index (χ1n) is 13.0. The highest BCUT2D eigenvalue weighted by atomic mass is 32.7. The van der Waals surface area contributed by atoms with Gasteiger partial charge in [-0.3, -0.25) is 18.2 Å². The van der Waals surface area contributed by atoms with E-state index in [-0.39, 0.29) is 47.0 Å². The van der Waals surface area contributed by atoms with Gasteiger partial charge in [-0.15, -0.1) is 0 Å². The van der Waals surface area contributed by atoms with Crippen molar-refractivity contribution in [3.63, 3.8) is 0 Å². The zero-order valence-corrected chi connectivity index (χ0v) is 25.4. The Hall–Kier alpha value is -2.96. The lowest BCUT2D eigenvalue weighted by Crippen LogP contribution is -2.33. The van der Waals surface area contributed by atoms with Crippen LogP contribution in [0.4, 0.5) is 20.4 Å². The van der Waals surface area contributed by atoms with E-state index in [1.165, 1.54) is 34.4 Å². The molecule has 4 N–H and O–H groups in total. The number of aldehydes is 1. The van der Waals surface area contributed by atoms with Crippen LogP contribution >= 0.6 is 28.5 Å². The van der Waals surface area contributed by atoms with Gasteiger partial charge in [-0.25, -0.2) is 43.2 Å². The highest BCUT2D eigenvalue weighted by Crippen LogP contribution is 2.57. The molecular weight excluding hydrogens is 648 g/mol. The first-order valence-corrected chi connectivity index (χ1v) is 16.2. The minimum atomic E-state index is -4.37. The monoisotopic (exact) mass is 674 g/mol. The Bertz CT molecular complexity index is 1720. The van der Waals surface area contributed by atoms with E-state index in [9.17, 15) is 9.36 Å². The molecule has 236 valence electrons. The van der Waals surface area contributed by atoms with Gasteiger partial charge in [0, 0.05) is 21.8 Å². The minimum Gasteiger partial charge on any atom is -0.382 e. The molecule has 22 heteroatoms. The number of rotatable bonds is 11. The molecule has 0 saturated carbocycles. The van der Waals surface area contributed by atoms with E-state index in [0.29, 0.717) is 6.29 Å². The fourth-order valence-electron chi connectivity index (χ4n) is 5.29. The molecule has 17 nitrogen and oxygen atoms in total. The Morgan fingerprint density at radius 3 is 2.11 bits per heavy atom. The number of aromatic nitrogens is 8. The normalized spacial score (nSPS) is 30.3. The Morgan fingerprint density at radius 2 is 1.52 bits per heavy atom. The van der Waals surface area contributed by atoms with Crippen molar-refractivity contribution in [3.05, 3.63) is 25.3 Å². The summed E-state index contributed by atoms with van der Waals surface area (Å²) < 4.78 is 75.2. The number of hydrogen-bond donors (Lipinski definition) is 3. The maximum atomic E-state index is 15.9. The van der Waals surface area contributed by atoms with E-state index in [1.807, 2.05) is 9.47 Å². The Labute approximate surface area is 254 Å². The fraction of sp³-hybridized carbons (Fsp3) is 0.500. The molecule has 2 aliphatic heterocycles. The van der Waals surface area contributed by atoms with Crippen LogP contribution in [0.25, 0.3) is 22.3 Å². The van der Waals surface area contributed by atoms with E-state index in [1.54, 1.807) is 0 Å². The summed E-state index contributed by atoms with van der Waals surface area (Å²) in [4.78, 5) is 35.6. The SMILES string of the molecule is Nc1ncnc2c1ncn2[C@@H]1O[C@H](COP)[C@@H](O[P@](=O)(S)OC[C@H]2O[C@@H](n3cnc4c(N)ncnc43)[C@H](CC=O)[C@H]2F)[C@H]1F. The molecule has 0 spiro atoms. The van der Waals surface area contributed by atoms with Crippen LogP contribution < -0.4 is 11.5 Å². The standard InChI is InChI=1S/C22H26F2N10O7P2S/c23-12-9(1-2-35)21(33-7-31-14-17(25)27-5-29-19(14)33)39-10(12)4-38-43(36,44)41-16-11(3-37-42)40-22(13(16)24)34-8-32-15-18(26)28-6-30-20(15)34/h2,5-13,16,21-22H,1,3-4,42H2,(H,36,44)(H2,25,27,29)(H2,26,28,30)/t9-,10-,11-,12-,13-,16-,21-,22-,43-/m1/s1. The lowest BCUT2D eigenvalue weighted by atomic mass is 9.98. The van der Waals surface area contributed by atoms with E-state index < -0.39 is 62.4 Å². The minimum absolute atomic E-state index is 0.0876. The highest BCUT2D eigenvalue weighted by Gasteiger charge is 2.51. The predicted molar refractivity (Wildman–Crippen MR) is 154 cm³/mol. The Balaban J connectivity index is 1.17. The average Bonchev–Trinajstić information content (AvgIpc) is 3.75. The van der Waals surface area contributed by atoms with Gasteiger partial charge in [0.2, 0.25) is 0 Å². The summed E-state index contributed by atoms with van der Waals surface area (Å²) >= 11 is 4.00. The molecule has 2 aliphatic rings. The van der Waals surface area contributed by atoms with Gasteiger partial charge in [-0.05, 0) is 0 Å². The first kappa shape index (κ1) is 31.0. The van der Waals surface area contributed by atoms with Crippen LogP contribution in [0, 0.1) is 5.92 Å². The molecule has 0 aliphatic carbocycles. The number of carbonyl (C=O) groups excluding carboxylic acids is 1. The summed E-state index contributed by atoms with van der Waals surface area (Å²) in [6.07, 6.45) is -4.54. The number of anilines is 2. The number of ether oxygens (including phenoxy) is 2. The maximum Gasteiger partial charge on any atom is 0.386 e. The lowest BCUT2D eigenvalue weighted by molar-refractivity contribution is -0.109. The first-order chi connectivity index (χ1) is 21.1. The van der Waals surface area contributed by atoms with Crippen LogP contribution in [-0.2, 0) is 32.4 Å². The molecule has 0 bridgehead atoms. The van der Waals surface area contributed by atoms with Crippen LogP contribution in [0.15, 0.2) is 25.3 Å². The quantitative estimate of drug-likeness (QED) is 0.117. The van der Waals surface area contributed by atoms with E-state index in [0.717, 1.165) is 0 Å². The third-order valence-electron chi connectivity index (χ3n) is 7.32. The van der Waals surface area contributed by atoms with Crippen molar-refractivity contribution in [2.75, 3.05) is 24.7 Å². The number of alkyl halides is 2. The van der Waals surface area contributed by atoms with Crippen LogP contribution in [0.5, 0.6) is 0 Å². The average molecular weight is 675 g/mol. The van der Waals surface area contributed by atoms with Gasteiger partial charge >= 0.3 is 6.80 Å². The van der Waals surface area contributed by atoms with E-state index in [2.05, 4.69) is 42.2 Å². The molecule has 6 rings (SSSR count). The summed E-state index contributed by atoms with van der Waals surface area (Å²) in [5.74, 6) is -0.776. The largest absolute Gasteiger partial charge is 0.386 e. The number of carbonyl (C=O) groups is 1. The fourth-order valence-corrected chi connectivity index (χ4v) is 6.96. The van der Waals surface area contributed by atoms with Gasteiger partial charge < -0.3 is 30.3 Å². The number of hydrogen-bond acceptors (Lipinski definition) is 15. The van der Waals surface area contributed by atoms with Crippen molar-refractivity contribution in [2.24, 2.45) is 5.92 Å². The van der Waals surface area contributed by atoms with Crippen molar-refractivity contribution < 1.29 is 41.2 Å². The second-order valence-corrected chi connectivity index (χ2v) is 13.1. The summed E-state index contributed by atoms with van der Waals surface area (Å²) in [6.45, 7) is -5.16. The second-order valence-electron chi connectivity index (χ2n) is 9.92. The molecule has 0 radical (unpaired) electrons. The smallest absolute Gasteiger partial charge is 0.382 e. The maximum absolute atomic E-state index is 15.9. The number of imidazole rings is 2. The molecule has 10 atom stereocenters. The van der Waals surface area contributed by atoms with Crippen LogP contribution in [-0.4, -0.2) is 89.2 Å². The van der Waals surface area contributed by atoms with Gasteiger partial charge in [0.1, 0.15) is 60.7 Å². The number of thiol groups is 1. The zero-order valence-electron chi connectivity index (χ0n) is 22.4. The van der Waals surface area contributed by atoms with Gasteiger partial charge in [-0.1, -0.05) is 12.2 Å². The second kappa shape index (κ2) is 12.4. The van der Waals surface area contributed by atoms with Crippen molar-refractivity contribution in [1.29, 1.82) is 0 Å². The topological polar surface area (TPSA) is 220 Å². The van der Waals surface area contributed by atoms with Gasteiger partial charge in [-0.2, -0.15) is 0 Å². The van der Waals surface area contributed by atoms with Crippen molar-refractivity contribution in [1.82, 2.24) is 39.0 Å². The molecule has 4 aromatic heterocycles. The van der Waals surface area contributed by atoms with Gasteiger partial charge in [0.05, 0.1) is 25.9 Å². The third kappa shape index (κ3) is 5.64. The number of nitrogens with two attached hydrogens (primary N) is 2. The summed E-state index contributed by atoms with van der Waals surface area (Å²) in [6, 6.07) is 0. The summed E-state index contributed by atoms with van der Waals surface area (Å²) in [5, 5.41) is 0. The molecule has 6 heterocycles. The molecule has 0 amide bonds. The molecule has 4 aromatic rings. The lowest BCUT2D eigenvalue weighted by Gasteiger charge is -2.23. The molecule has 44 heavy (non-hydrogen) atoms. The van der Waals surface area contributed by atoms with E-state index in [4.69, 9.17) is 34.5 Å². The number of halogens is 2. The molecular formula is C22H26F2N10O7P2S. The number of nitrogen functional groups attached to an aromatic ring is 2. The van der Waals surface area contributed by atoms with Gasteiger partial charge in [0.25, 0.3) is 0 Å². The Kier molecular flexibility index (Phi) is 8.78. The number of nitrogens with zero attached hydrogens (tertiary/aromatic N) is 8. The van der Waals surface area contributed by atoms with Gasteiger partial charge in [0.15, 0.2) is 35.3 Å². The summed E-state index contributed by atoms with van der Waals surface area (Å²) in [7, 11) is 2.01. The van der Waals surface area contributed by atoms with Crippen molar-refractivity contribution in [3.8, 4) is 0 Å². The molecule has 2 saturated heterocycles. The molecule has 0 aromatic carbocycles. The number of fused-ring (bicyclic) bond motifs is 2. The van der Waals surface area contributed by atoms with Crippen molar-refractivity contribution in [2.45, 2.75) is 49.5 Å².